The summed E-state index contributed by atoms with van der Waals surface area (Å²) in [5, 5.41) is 14.6. The smallest absolute Gasteiger partial charge is 0.264 e. The van der Waals surface area contributed by atoms with Gasteiger partial charge in [0.05, 0.1) is 6.10 Å². The number of aliphatic hydroxyl groups excluding tert-OH is 1. The second-order valence-corrected chi connectivity index (χ2v) is 8.73. The van der Waals surface area contributed by atoms with Gasteiger partial charge in [-0.25, -0.2) is 4.98 Å². The van der Waals surface area contributed by atoms with E-state index in [9.17, 15) is 9.90 Å². The Hall–Kier alpha value is -2.61. The summed E-state index contributed by atoms with van der Waals surface area (Å²) in [4.78, 5) is 22.6. The Balaban J connectivity index is 1.52. The molecule has 3 N–H and O–H groups in total. The van der Waals surface area contributed by atoms with E-state index < -0.39 is 12.2 Å². The highest BCUT2D eigenvalue weighted by Gasteiger charge is 2.35. The average molecular weight is 441 g/mol. The number of benzene rings is 1. The molecule has 2 aliphatic rings. The number of aromatic nitrogens is 2. The van der Waals surface area contributed by atoms with Crippen LogP contribution in [0, 0.1) is 0 Å². The fourth-order valence-electron chi connectivity index (χ4n) is 4.50. The number of hydrogen-bond acceptors (Lipinski definition) is 5. The van der Waals surface area contributed by atoms with Crippen molar-refractivity contribution in [3.8, 4) is 16.9 Å². The van der Waals surface area contributed by atoms with E-state index in [-0.39, 0.29) is 5.91 Å². The number of nitrogens with one attached hydrogen (secondary N) is 2. The number of halogens is 1. The van der Waals surface area contributed by atoms with E-state index in [1.165, 1.54) is 0 Å². The summed E-state index contributed by atoms with van der Waals surface area (Å²) in [5.41, 5.74) is 4.39. The van der Waals surface area contributed by atoms with Crippen molar-refractivity contribution in [2.75, 3.05) is 26.2 Å². The van der Waals surface area contributed by atoms with Crippen molar-refractivity contribution in [2.45, 2.75) is 32.0 Å². The molecule has 3 aromatic rings. The summed E-state index contributed by atoms with van der Waals surface area (Å²) in [6.45, 7) is 4.76. The van der Waals surface area contributed by atoms with Gasteiger partial charge in [-0.15, -0.1) is 0 Å². The second kappa shape index (κ2) is 8.15. The van der Waals surface area contributed by atoms with Gasteiger partial charge in [0, 0.05) is 72.4 Å². The molecule has 31 heavy (non-hydrogen) atoms. The van der Waals surface area contributed by atoms with Crippen molar-refractivity contribution in [1.29, 1.82) is 0 Å². The number of nitrogens with zero attached hydrogens (tertiary/aromatic N) is 2. The van der Waals surface area contributed by atoms with Crippen molar-refractivity contribution in [3.05, 3.63) is 46.7 Å². The van der Waals surface area contributed by atoms with Gasteiger partial charge in [0.1, 0.15) is 11.4 Å². The van der Waals surface area contributed by atoms with Crippen LogP contribution in [-0.2, 0) is 17.6 Å². The summed E-state index contributed by atoms with van der Waals surface area (Å²) in [5.74, 6) is 0.740. The Bertz CT molecular complexity index is 1140. The number of amides is 1. The number of rotatable bonds is 4. The van der Waals surface area contributed by atoms with Gasteiger partial charge in [0.25, 0.3) is 5.91 Å². The SMILES string of the molecule is CC(O)Cc1cc2c(-c3cc(Cl)cc4c3OC(C(=O)N3CCNCC3)C4)ccnc2[nH]1. The van der Waals surface area contributed by atoms with Gasteiger partial charge in [0.2, 0.25) is 0 Å². The van der Waals surface area contributed by atoms with Gasteiger partial charge in [-0.2, -0.15) is 0 Å². The molecule has 2 aliphatic heterocycles. The maximum Gasteiger partial charge on any atom is 0.264 e. The van der Waals surface area contributed by atoms with Crippen LogP contribution in [0.1, 0.15) is 18.2 Å². The van der Waals surface area contributed by atoms with E-state index in [0.717, 1.165) is 46.5 Å². The molecule has 2 atom stereocenters. The summed E-state index contributed by atoms with van der Waals surface area (Å²) < 4.78 is 6.24. The molecule has 0 bridgehead atoms. The molecule has 1 fully saturated rings. The molecular formula is C23H25ClN4O3. The molecule has 0 radical (unpaired) electrons. The largest absolute Gasteiger partial charge is 0.479 e. The number of piperazine rings is 1. The van der Waals surface area contributed by atoms with Crippen LogP contribution in [-0.4, -0.2) is 64.3 Å². The average Bonchev–Trinajstić information content (AvgIpc) is 3.36. The Morgan fingerprint density at radius 3 is 2.90 bits per heavy atom. The molecule has 1 saturated heterocycles. The lowest BCUT2D eigenvalue weighted by Crippen LogP contribution is -2.50. The summed E-state index contributed by atoms with van der Waals surface area (Å²) in [7, 11) is 0. The van der Waals surface area contributed by atoms with Crippen molar-refractivity contribution in [2.24, 2.45) is 0 Å². The Morgan fingerprint density at radius 1 is 1.32 bits per heavy atom. The number of hydrogen-bond donors (Lipinski definition) is 3. The fourth-order valence-corrected chi connectivity index (χ4v) is 4.74. The zero-order valence-corrected chi connectivity index (χ0v) is 18.1. The first-order chi connectivity index (χ1) is 15.0. The highest BCUT2D eigenvalue weighted by molar-refractivity contribution is 6.31. The molecule has 7 nitrogen and oxygen atoms in total. The quantitative estimate of drug-likeness (QED) is 0.580. The van der Waals surface area contributed by atoms with Gasteiger partial charge in [-0.3, -0.25) is 4.79 Å². The molecule has 5 rings (SSSR count). The molecule has 1 amide bonds. The molecule has 4 heterocycles. The number of carbonyl (C=O) groups is 1. The van der Waals surface area contributed by atoms with E-state index in [0.29, 0.717) is 36.7 Å². The van der Waals surface area contributed by atoms with Gasteiger partial charge in [0.15, 0.2) is 6.10 Å². The molecule has 0 aliphatic carbocycles. The van der Waals surface area contributed by atoms with Gasteiger partial charge < -0.3 is 25.0 Å². The molecule has 2 aromatic heterocycles. The highest BCUT2D eigenvalue weighted by Crippen LogP contribution is 2.43. The predicted octanol–water partition coefficient (Wildman–Crippen LogP) is 2.54. The minimum Gasteiger partial charge on any atom is -0.479 e. The Morgan fingerprint density at radius 2 is 2.13 bits per heavy atom. The molecule has 162 valence electrons. The Kier molecular flexibility index (Phi) is 5.33. The fraction of sp³-hybridized carbons (Fsp3) is 0.391. The van der Waals surface area contributed by atoms with E-state index in [2.05, 4.69) is 15.3 Å². The first kappa shape index (κ1) is 20.3. The minimum atomic E-state index is -0.528. The monoisotopic (exact) mass is 440 g/mol. The number of aliphatic hydroxyl groups is 1. The maximum atomic E-state index is 13.0. The minimum absolute atomic E-state index is 0.0283. The van der Waals surface area contributed by atoms with Crippen LogP contribution in [0.4, 0.5) is 0 Å². The number of carbonyl (C=O) groups excluding carboxylic acids is 1. The third-order valence-electron chi connectivity index (χ3n) is 5.89. The molecule has 1 aromatic carbocycles. The third kappa shape index (κ3) is 3.89. The van der Waals surface area contributed by atoms with E-state index in [1.54, 1.807) is 13.1 Å². The van der Waals surface area contributed by atoms with Crippen LogP contribution in [0.3, 0.4) is 0 Å². The number of pyridine rings is 1. The van der Waals surface area contributed by atoms with Crippen LogP contribution >= 0.6 is 11.6 Å². The Labute approximate surface area is 185 Å². The van der Waals surface area contributed by atoms with E-state index in [1.807, 2.05) is 29.2 Å². The van der Waals surface area contributed by atoms with Crippen LogP contribution in [0.5, 0.6) is 5.75 Å². The van der Waals surface area contributed by atoms with E-state index >= 15 is 0 Å². The zero-order valence-electron chi connectivity index (χ0n) is 17.3. The van der Waals surface area contributed by atoms with Crippen LogP contribution in [0.25, 0.3) is 22.2 Å². The van der Waals surface area contributed by atoms with E-state index in [4.69, 9.17) is 16.3 Å². The molecule has 8 heteroatoms. The standard InChI is InChI=1S/C23H25ClN4O3/c1-13(29)8-16-12-19-17(2-3-26-22(19)27-16)18-11-15(24)9-14-10-20(31-21(14)18)23(30)28-6-4-25-5-7-28/h2-3,9,11-13,20,25,29H,4-8,10H2,1H3,(H,26,27). The van der Waals surface area contributed by atoms with Crippen LogP contribution < -0.4 is 10.1 Å². The second-order valence-electron chi connectivity index (χ2n) is 8.30. The first-order valence-electron chi connectivity index (χ1n) is 10.6. The first-order valence-corrected chi connectivity index (χ1v) is 11.0. The number of fused-ring (bicyclic) bond motifs is 2. The molecular weight excluding hydrogens is 416 g/mol. The topological polar surface area (TPSA) is 90.5 Å². The van der Waals surface area contributed by atoms with Crippen molar-refractivity contribution in [3.63, 3.8) is 0 Å². The maximum absolute atomic E-state index is 13.0. The number of aromatic amines is 1. The van der Waals surface area contributed by atoms with Crippen LogP contribution in [0.2, 0.25) is 5.02 Å². The molecule has 2 unspecified atom stereocenters. The number of H-pyrrole nitrogens is 1. The normalized spacial score (nSPS) is 19.3. The molecule has 0 spiro atoms. The lowest BCUT2D eigenvalue weighted by atomic mass is 9.99. The highest BCUT2D eigenvalue weighted by atomic mass is 35.5. The van der Waals surface area contributed by atoms with Crippen LogP contribution in [0.15, 0.2) is 30.5 Å². The molecule has 0 saturated carbocycles. The van der Waals surface area contributed by atoms with Crippen molar-refractivity contribution in [1.82, 2.24) is 20.2 Å². The lowest BCUT2D eigenvalue weighted by molar-refractivity contribution is -0.138. The summed E-state index contributed by atoms with van der Waals surface area (Å²) in [6.07, 6.45) is 1.79. The van der Waals surface area contributed by atoms with Crippen molar-refractivity contribution >= 4 is 28.5 Å². The lowest BCUT2D eigenvalue weighted by Gasteiger charge is -2.29. The predicted molar refractivity (Wildman–Crippen MR) is 119 cm³/mol. The van der Waals surface area contributed by atoms with Gasteiger partial charge in [-0.1, -0.05) is 11.6 Å². The zero-order chi connectivity index (χ0) is 21.5. The summed E-state index contributed by atoms with van der Waals surface area (Å²) in [6, 6.07) is 7.72. The number of ether oxygens (including phenoxy) is 1. The van der Waals surface area contributed by atoms with Crippen molar-refractivity contribution < 1.29 is 14.6 Å². The summed E-state index contributed by atoms with van der Waals surface area (Å²) >= 11 is 6.46. The third-order valence-corrected chi connectivity index (χ3v) is 6.11. The van der Waals surface area contributed by atoms with Gasteiger partial charge in [-0.05, 0) is 36.8 Å². The van der Waals surface area contributed by atoms with Gasteiger partial charge >= 0.3 is 0 Å².